The second-order valence-corrected chi connectivity index (χ2v) is 7.85. The number of fused-ring (bicyclic) bond motifs is 1. The molecule has 26 heavy (non-hydrogen) atoms. The molecule has 4 nitrogen and oxygen atoms in total. The number of hydrogen-bond donors (Lipinski definition) is 0. The Kier molecular flexibility index (Phi) is 4.01. The summed E-state index contributed by atoms with van der Waals surface area (Å²) in [7, 11) is -3.72. The lowest BCUT2D eigenvalue weighted by Gasteiger charge is -2.07. The molecule has 4 rings (SSSR count). The molecule has 0 aliphatic carbocycles. The summed E-state index contributed by atoms with van der Waals surface area (Å²) >= 11 is 0. The van der Waals surface area contributed by atoms with E-state index in [2.05, 4.69) is 0 Å². The molecule has 0 saturated carbocycles. The van der Waals surface area contributed by atoms with Crippen LogP contribution in [0.1, 0.15) is 5.56 Å². The summed E-state index contributed by atoms with van der Waals surface area (Å²) in [5, 5.41) is 0.743. The van der Waals surface area contributed by atoms with E-state index < -0.39 is 10.0 Å². The molecular formula is C21H17NO3S. The zero-order valence-corrected chi connectivity index (χ0v) is 15.0. The molecule has 4 aromatic rings. The topological polar surface area (TPSA) is 48.3 Å². The zero-order chi connectivity index (χ0) is 18.1. The lowest BCUT2D eigenvalue weighted by atomic mass is 10.2. The monoisotopic (exact) mass is 363 g/mol. The van der Waals surface area contributed by atoms with Gasteiger partial charge in [0.05, 0.1) is 16.6 Å². The van der Waals surface area contributed by atoms with Crippen LogP contribution >= 0.6 is 0 Å². The molecule has 0 unspecified atom stereocenters. The third kappa shape index (κ3) is 2.86. The maximum absolute atomic E-state index is 13.1. The van der Waals surface area contributed by atoms with Gasteiger partial charge < -0.3 is 4.74 Å². The maximum atomic E-state index is 13.1. The maximum Gasteiger partial charge on any atom is 0.268 e. The van der Waals surface area contributed by atoms with Crippen molar-refractivity contribution in [3.8, 4) is 11.5 Å². The van der Waals surface area contributed by atoms with Gasteiger partial charge in [0.15, 0.2) is 5.75 Å². The van der Waals surface area contributed by atoms with Gasteiger partial charge in [-0.3, -0.25) is 0 Å². The predicted molar refractivity (Wildman–Crippen MR) is 102 cm³/mol. The van der Waals surface area contributed by atoms with Crippen molar-refractivity contribution in [1.29, 1.82) is 0 Å². The number of ether oxygens (including phenoxy) is 1. The van der Waals surface area contributed by atoms with Crippen LogP contribution in [0.15, 0.2) is 90.0 Å². The molecule has 3 aromatic carbocycles. The summed E-state index contributed by atoms with van der Waals surface area (Å²) in [6.45, 7) is 1.92. The summed E-state index contributed by atoms with van der Waals surface area (Å²) in [6, 6.07) is 23.5. The molecule has 0 aliphatic heterocycles. The number of rotatable bonds is 4. The molecule has 0 aliphatic rings. The normalized spacial score (nSPS) is 11.6. The third-order valence-corrected chi connectivity index (χ3v) is 5.88. The van der Waals surface area contributed by atoms with Gasteiger partial charge in [-0.15, -0.1) is 0 Å². The lowest BCUT2D eigenvalue weighted by Crippen LogP contribution is -2.11. The number of aromatic nitrogens is 1. The molecule has 0 saturated heterocycles. The van der Waals surface area contributed by atoms with Crippen LogP contribution in [0.4, 0.5) is 0 Å². The molecule has 130 valence electrons. The largest absolute Gasteiger partial charge is 0.455 e. The van der Waals surface area contributed by atoms with Gasteiger partial charge in [0, 0.05) is 5.39 Å². The van der Waals surface area contributed by atoms with Crippen molar-refractivity contribution < 1.29 is 13.2 Å². The first-order chi connectivity index (χ1) is 12.6. The van der Waals surface area contributed by atoms with Crippen molar-refractivity contribution in [2.45, 2.75) is 11.8 Å². The fourth-order valence-electron chi connectivity index (χ4n) is 2.84. The fourth-order valence-corrected chi connectivity index (χ4v) is 4.20. The standard InChI is InChI=1S/C21H17NO3S/c1-16-11-13-18(14-12-16)26(23,24)22-15-21(19-9-5-6-10-20(19)22)25-17-7-3-2-4-8-17/h2-15H,1H3. The summed E-state index contributed by atoms with van der Waals surface area (Å²) in [5.41, 5.74) is 1.59. The molecule has 0 radical (unpaired) electrons. The highest BCUT2D eigenvalue weighted by Gasteiger charge is 2.21. The fraction of sp³-hybridized carbons (Fsp3) is 0.0476. The Morgan fingerprint density at radius 3 is 2.19 bits per heavy atom. The van der Waals surface area contributed by atoms with Gasteiger partial charge >= 0.3 is 0 Å². The van der Waals surface area contributed by atoms with Gasteiger partial charge in [0.1, 0.15) is 5.75 Å². The quantitative estimate of drug-likeness (QED) is 0.514. The highest BCUT2D eigenvalue weighted by molar-refractivity contribution is 7.90. The molecule has 0 spiro atoms. The zero-order valence-electron chi connectivity index (χ0n) is 14.2. The first kappa shape index (κ1) is 16.4. The molecule has 0 bridgehead atoms. The number of aryl methyl sites for hydroxylation is 1. The Balaban J connectivity index is 1.87. The van der Waals surface area contributed by atoms with E-state index in [1.807, 2.05) is 55.5 Å². The van der Waals surface area contributed by atoms with Crippen LogP contribution in [-0.4, -0.2) is 12.4 Å². The first-order valence-corrected chi connectivity index (χ1v) is 9.65. The molecule has 1 heterocycles. The van der Waals surface area contributed by atoms with Crippen LogP contribution in [0.2, 0.25) is 0 Å². The lowest BCUT2D eigenvalue weighted by molar-refractivity contribution is 0.487. The summed E-state index contributed by atoms with van der Waals surface area (Å²) in [6.07, 6.45) is 1.53. The van der Waals surface area contributed by atoms with Crippen molar-refractivity contribution in [3.63, 3.8) is 0 Å². The Morgan fingerprint density at radius 2 is 1.46 bits per heavy atom. The van der Waals surface area contributed by atoms with Crippen LogP contribution in [-0.2, 0) is 10.0 Å². The van der Waals surface area contributed by atoms with Gasteiger partial charge in [-0.25, -0.2) is 12.4 Å². The van der Waals surface area contributed by atoms with E-state index in [1.54, 1.807) is 30.3 Å². The number of para-hydroxylation sites is 2. The molecule has 0 atom stereocenters. The van der Waals surface area contributed by atoms with E-state index in [0.717, 1.165) is 10.9 Å². The van der Waals surface area contributed by atoms with Crippen LogP contribution in [0.5, 0.6) is 11.5 Å². The summed E-state index contributed by atoms with van der Waals surface area (Å²) in [5.74, 6) is 1.16. The minimum atomic E-state index is -3.72. The van der Waals surface area contributed by atoms with Crippen LogP contribution in [0, 0.1) is 6.92 Å². The summed E-state index contributed by atoms with van der Waals surface area (Å²) < 4.78 is 33.5. The van der Waals surface area contributed by atoms with Gasteiger partial charge in [-0.05, 0) is 43.3 Å². The second kappa shape index (κ2) is 6.35. The Hall–Kier alpha value is -3.05. The van der Waals surface area contributed by atoms with Gasteiger partial charge in [-0.1, -0.05) is 48.0 Å². The first-order valence-electron chi connectivity index (χ1n) is 8.21. The van der Waals surface area contributed by atoms with E-state index in [0.29, 0.717) is 17.0 Å². The van der Waals surface area contributed by atoms with Crippen LogP contribution < -0.4 is 4.74 Å². The average Bonchev–Trinajstić information content (AvgIpc) is 3.02. The number of benzene rings is 3. The predicted octanol–water partition coefficient (Wildman–Crippen LogP) is 4.98. The molecule has 0 amide bonds. The molecule has 1 aromatic heterocycles. The van der Waals surface area contributed by atoms with E-state index >= 15 is 0 Å². The highest BCUT2D eigenvalue weighted by Crippen LogP contribution is 2.34. The highest BCUT2D eigenvalue weighted by atomic mass is 32.2. The van der Waals surface area contributed by atoms with Crippen molar-refractivity contribution in [2.24, 2.45) is 0 Å². The average molecular weight is 363 g/mol. The van der Waals surface area contributed by atoms with E-state index in [9.17, 15) is 8.42 Å². The van der Waals surface area contributed by atoms with Crippen molar-refractivity contribution in [1.82, 2.24) is 3.97 Å². The molecular weight excluding hydrogens is 346 g/mol. The number of nitrogens with zero attached hydrogens (tertiary/aromatic N) is 1. The van der Waals surface area contributed by atoms with Gasteiger partial charge in [0.25, 0.3) is 10.0 Å². The SMILES string of the molecule is Cc1ccc(S(=O)(=O)n2cc(Oc3ccccc3)c3ccccc32)cc1. The van der Waals surface area contributed by atoms with E-state index in [-0.39, 0.29) is 4.90 Å². The van der Waals surface area contributed by atoms with E-state index in [4.69, 9.17) is 4.74 Å². The Morgan fingerprint density at radius 1 is 0.808 bits per heavy atom. The minimum Gasteiger partial charge on any atom is -0.455 e. The van der Waals surface area contributed by atoms with Gasteiger partial charge in [-0.2, -0.15) is 0 Å². The van der Waals surface area contributed by atoms with Crippen molar-refractivity contribution >= 4 is 20.9 Å². The Labute approximate surface area is 152 Å². The van der Waals surface area contributed by atoms with Gasteiger partial charge in [0.2, 0.25) is 0 Å². The number of hydrogen-bond acceptors (Lipinski definition) is 3. The minimum absolute atomic E-state index is 0.245. The smallest absolute Gasteiger partial charge is 0.268 e. The second-order valence-electron chi connectivity index (χ2n) is 6.04. The Bertz CT molecular complexity index is 1160. The van der Waals surface area contributed by atoms with Crippen molar-refractivity contribution in [2.75, 3.05) is 0 Å². The van der Waals surface area contributed by atoms with E-state index in [1.165, 1.54) is 10.2 Å². The summed E-state index contributed by atoms with van der Waals surface area (Å²) in [4.78, 5) is 0.245. The third-order valence-electron chi connectivity index (χ3n) is 4.19. The molecule has 0 fully saturated rings. The van der Waals surface area contributed by atoms with Crippen molar-refractivity contribution in [3.05, 3.63) is 90.6 Å². The van der Waals surface area contributed by atoms with Crippen LogP contribution in [0.25, 0.3) is 10.9 Å². The van der Waals surface area contributed by atoms with Crippen LogP contribution in [0.3, 0.4) is 0 Å². The molecule has 5 heteroatoms. The molecule has 0 N–H and O–H groups in total.